The molecule has 3 rings (SSSR count). The molecule has 2 saturated heterocycles. The Bertz CT molecular complexity index is 272. The highest BCUT2D eigenvalue weighted by Gasteiger charge is 2.34. The third-order valence-corrected chi connectivity index (χ3v) is 6.02. The standard InChI is InChI=1S/C17H32N2/c1-2-18-11-6-9-17(14-18)19-12-10-16(13-19)15-7-4-3-5-8-15/h15-17H,2-14H2,1H3/t16-,17-/m1/s1. The van der Waals surface area contributed by atoms with Crippen LogP contribution >= 0.6 is 0 Å². The van der Waals surface area contributed by atoms with Gasteiger partial charge in [0, 0.05) is 19.1 Å². The van der Waals surface area contributed by atoms with Crippen LogP contribution in [0.15, 0.2) is 0 Å². The van der Waals surface area contributed by atoms with E-state index in [2.05, 4.69) is 16.7 Å². The van der Waals surface area contributed by atoms with Gasteiger partial charge < -0.3 is 4.90 Å². The van der Waals surface area contributed by atoms with Crippen LogP contribution in [-0.4, -0.2) is 48.6 Å². The third kappa shape index (κ3) is 3.33. The Labute approximate surface area is 119 Å². The van der Waals surface area contributed by atoms with E-state index >= 15 is 0 Å². The molecule has 0 N–H and O–H groups in total. The summed E-state index contributed by atoms with van der Waals surface area (Å²) in [7, 11) is 0. The Morgan fingerprint density at radius 2 is 1.63 bits per heavy atom. The molecule has 0 bridgehead atoms. The molecule has 2 heteroatoms. The van der Waals surface area contributed by atoms with Gasteiger partial charge in [-0.05, 0) is 50.7 Å². The number of hydrogen-bond acceptors (Lipinski definition) is 2. The molecule has 2 nitrogen and oxygen atoms in total. The normalized spacial score (nSPS) is 35.8. The maximum atomic E-state index is 2.85. The van der Waals surface area contributed by atoms with Gasteiger partial charge in [-0.2, -0.15) is 0 Å². The summed E-state index contributed by atoms with van der Waals surface area (Å²) in [6, 6.07) is 0.877. The zero-order valence-electron chi connectivity index (χ0n) is 12.8. The second-order valence-corrected chi connectivity index (χ2v) is 7.13. The van der Waals surface area contributed by atoms with Gasteiger partial charge in [0.05, 0.1) is 0 Å². The van der Waals surface area contributed by atoms with Crippen LogP contribution in [0, 0.1) is 11.8 Å². The Morgan fingerprint density at radius 1 is 0.789 bits per heavy atom. The van der Waals surface area contributed by atoms with E-state index in [1.165, 1.54) is 84.1 Å². The summed E-state index contributed by atoms with van der Waals surface area (Å²) in [5.74, 6) is 2.11. The molecule has 2 aliphatic heterocycles. The summed E-state index contributed by atoms with van der Waals surface area (Å²) in [4.78, 5) is 5.50. The minimum atomic E-state index is 0.877. The summed E-state index contributed by atoms with van der Waals surface area (Å²) in [6.45, 7) is 9.06. The molecule has 0 amide bonds. The Morgan fingerprint density at radius 3 is 2.42 bits per heavy atom. The average molecular weight is 264 g/mol. The van der Waals surface area contributed by atoms with Crippen molar-refractivity contribution in [1.82, 2.24) is 9.80 Å². The summed E-state index contributed by atoms with van der Waals surface area (Å²) in [6.07, 6.45) is 11.9. The van der Waals surface area contributed by atoms with Gasteiger partial charge in [-0.1, -0.05) is 39.0 Å². The number of likely N-dealkylation sites (tertiary alicyclic amines) is 2. The second kappa shape index (κ2) is 6.58. The molecule has 1 aliphatic carbocycles. The number of piperidine rings is 1. The van der Waals surface area contributed by atoms with Crippen LogP contribution in [0.2, 0.25) is 0 Å². The van der Waals surface area contributed by atoms with Crippen LogP contribution in [0.25, 0.3) is 0 Å². The number of rotatable bonds is 3. The van der Waals surface area contributed by atoms with E-state index in [4.69, 9.17) is 0 Å². The van der Waals surface area contributed by atoms with Crippen molar-refractivity contribution >= 4 is 0 Å². The van der Waals surface area contributed by atoms with Crippen molar-refractivity contribution in [2.45, 2.75) is 64.3 Å². The molecule has 3 fully saturated rings. The van der Waals surface area contributed by atoms with Crippen molar-refractivity contribution in [3.05, 3.63) is 0 Å². The van der Waals surface area contributed by atoms with Crippen LogP contribution in [0.1, 0.15) is 58.3 Å². The first-order valence-corrected chi connectivity index (χ1v) is 8.83. The fourth-order valence-electron chi connectivity index (χ4n) is 4.75. The van der Waals surface area contributed by atoms with Gasteiger partial charge in [0.1, 0.15) is 0 Å². The van der Waals surface area contributed by atoms with E-state index in [1.807, 2.05) is 0 Å². The van der Waals surface area contributed by atoms with Crippen molar-refractivity contribution in [3.8, 4) is 0 Å². The van der Waals surface area contributed by atoms with Crippen molar-refractivity contribution in [3.63, 3.8) is 0 Å². The summed E-state index contributed by atoms with van der Waals surface area (Å²) in [5.41, 5.74) is 0. The van der Waals surface area contributed by atoms with Gasteiger partial charge in [-0.3, -0.25) is 4.90 Å². The molecular formula is C17H32N2. The molecule has 0 aromatic heterocycles. The first-order valence-electron chi connectivity index (χ1n) is 8.83. The number of likely N-dealkylation sites (N-methyl/N-ethyl adjacent to an activating group) is 1. The summed E-state index contributed by atoms with van der Waals surface area (Å²) < 4.78 is 0. The number of nitrogens with zero attached hydrogens (tertiary/aromatic N) is 2. The van der Waals surface area contributed by atoms with Gasteiger partial charge in [0.2, 0.25) is 0 Å². The summed E-state index contributed by atoms with van der Waals surface area (Å²) in [5, 5.41) is 0. The van der Waals surface area contributed by atoms with Crippen LogP contribution in [0.5, 0.6) is 0 Å². The second-order valence-electron chi connectivity index (χ2n) is 7.13. The number of hydrogen-bond donors (Lipinski definition) is 0. The van der Waals surface area contributed by atoms with E-state index in [0.29, 0.717) is 0 Å². The maximum absolute atomic E-state index is 2.85. The topological polar surface area (TPSA) is 6.48 Å². The Balaban J connectivity index is 1.50. The first-order chi connectivity index (χ1) is 9.36. The molecule has 0 unspecified atom stereocenters. The quantitative estimate of drug-likeness (QED) is 0.771. The minimum absolute atomic E-state index is 0.877. The third-order valence-electron chi connectivity index (χ3n) is 6.02. The largest absolute Gasteiger partial charge is 0.302 e. The first kappa shape index (κ1) is 13.9. The van der Waals surface area contributed by atoms with Gasteiger partial charge in [0.15, 0.2) is 0 Å². The van der Waals surface area contributed by atoms with E-state index in [9.17, 15) is 0 Å². The predicted octanol–water partition coefficient (Wildman–Crippen LogP) is 3.37. The molecule has 3 aliphatic rings. The minimum Gasteiger partial charge on any atom is -0.302 e. The lowest BCUT2D eigenvalue weighted by molar-refractivity contribution is 0.111. The maximum Gasteiger partial charge on any atom is 0.0223 e. The fraction of sp³-hybridized carbons (Fsp3) is 1.00. The molecule has 2 atom stereocenters. The molecule has 1 saturated carbocycles. The van der Waals surface area contributed by atoms with Crippen molar-refractivity contribution < 1.29 is 0 Å². The van der Waals surface area contributed by atoms with Gasteiger partial charge >= 0.3 is 0 Å². The van der Waals surface area contributed by atoms with Gasteiger partial charge in [0.25, 0.3) is 0 Å². The Hall–Kier alpha value is -0.0800. The van der Waals surface area contributed by atoms with Crippen molar-refractivity contribution in [2.24, 2.45) is 11.8 Å². The van der Waals surface area contributed by atoms with Crippen LogP contribution in [0.3, 0.4) is 0 Å². The lowest BCUT2D eigenvalue weighted by Gasteiger charge is -2.37. The average Bonchev–Trinajstić information content (AvgIpc) is 2.98. The molecular weight excluding hydrogens is 232 g/mol. The van der Waals surface area contributed by atoms with Gasteiger partial charge in [-0.25, -0.2) is 0 Å². The van der Waals surface area contributed by atoms with Crippen molar-refractivity contribution in [1.29, 1.82) is 0 Å². The zero-order valence-corrected chi connectivity index (χ0v) is 12.8. The highest BCUT2D eigenvalue weighted by atomic mass is 15.2. The molecule has 0 radical (unpaired) electrons. The highest BCUT2D eigenvalue weighted by molar-refractivity contribution is 4.88. The fourth-order valence-corrected chi connectivity index (χ4v) is 4.75. The van der Waals surface area contributed by atoms with Crippen LogP contribution in [-0.2, 0) is 0 Å². The molecule has 110 valence electrons. The summed E-state index contributed by atoms with van der Waals surface area (Å²) >= 11 is 0. The van der Waals surface area contributed by atoms with E-state index in [0.717, 1.165) is 17.9 Å². The molecule has 0 aromatic carbocycles. The lowest BCUT2D eigenvalue weighted by atomic mass is 9.79. The van der Waals surface area contributed by atoms with Crippen molar-refractivity contribution in [2.75, 3.05) is 32.7 Å². The molecule has 2 heterocycles. The van der Waals surface area contributed by atoms with Crippen LogP contribution in [0.4, 0.5) is 0 Å². The highest BCUT2D eigenvalue weighted by Crippen LogP contribution is 2.36. The van der Waals surface area contributed by atoms with E-state index < -0.39 is 0 Å². The molecule has 19 heavy (non-hydrogen) atoms. The van der Waals surface area contributed by atoms with Gasteiger partial charge in [-0.15, -0.1) is 0 Å². The van der Waals surface area contributed by atoms with Crippen LogP contribution < -0.4 is 0 Å². The predicted molar refractivity (Wildman–Crippen MR) is 81.4 cm³/mol. The van der Waals surface area contributed by atoms with E-state index in [-0.39, 0.29) is 0 Å². The molecule has 0 spiro atoms. The lowest BCUT2D eigenvalue weighted by Crippen LogP contribution is -2.47. The monoisotopic (exact) mass is 264 g/mol. The Kier molecular flexibility index (Phi) is 4.81. The SMILES string of the molecule is CCN1CCC[C@@H](N2CC[C@@H](C3CCCCC3)C2)C1. The molecule has 0 aromatic rings. The van der Waals surface area contributed by atoms with E-state index in [1.54, 1.807) is 0 Å². The zero-order chi connectivity index (χ0) is 13.1. The smallest absolute Gasteiger partial charge is 0.0223 e.